The van der Waals surface area contributed by atoms with Gasteiger partial charge in [-0.3, -0.25) is 14.5 Å². The third-order valence-corrected chi connectivity index (χ3v) is 5.18. The summed E-state index contributed by atoms with van der Waals surface area (Å²) in [6.45, 7) is 0.268. The molecule has 0 spiro atoms. The lowest BCUT2D eigenvalue weighted by Crippen LogP contribution is -2.31. The Morgan fingerprint density at radius 2 is 1.83 bits per heavy atom. The summed E-state index contributed by atoms with van der Waals surface area (Å²) < 4.78 is 5.32. The normalized spacial score (nSPS) is 17.4. The topological polar surface area (TPSA) is 46.6 Å². The molecule has 24 heavy (non-hydrogen) atoms. The maximum Gasteiger partial charge on any atom is 0.289 e. The van der Waals surface area contributed by atoms with Gasteiger partial charge in [0, 0.05) is 5.02 Å². The number of nitrogens with zero attached hydrogens (tertiary/aromatic N) is 1. The average Bonchev–Trinajstić information content (AvgIpc) is 2.85. The summed E-state index contributed by atoms with van der Waals surface area (Å²) in [4.78, 5) is 26.1. The number of hydrogen-bond donors (Lipinski definition) is 0. The number of thioether (sulfide) groups is 1. The van der Waals surface area contributed by atoms with Crippen LogP contribution in [-0.4, -0.2) is 28.4 Å². The van der Waals surface area contributed by atoms with E-state index in [1.807, 2.05) is 36.4 Å². The summed E-state index contributed by atoms with van der Waals surface area (Å²) in [5.74, 6) is 0.570. The van der Waals surface area contributed by atoms with E-state index in [4.69, 9.17) is 16.3 Å². The average molecular weight is 362 g/mol. The van der Waals surface area contributed by atoms with Crippen LogP contribution in [0.1, 0.15) is 11.1 Å². The summed E-state index contributed by atoms with van der Waals surface area (Å²) in [7, 11) is 1.60. The van der Waals surface area contributed by atoms with E-state index in [-0.39, 0.29) is 17.7 Å². The lowest BCUT2D eigenvalue weighted by molar-refractivity contribution is -0.127. The Labute approximate surface area is 149 Å². The first-order valence-corrected chi connectivity index (χ1v) is 8.72. The first-order valence-electron chi connectivity index (χ1n) is 7.47. The van der Waals surface area contributed by atoms with Crippen molar-refractivity contribution in [2.75, 3.05) is 7.11 Å². The highest BCUT2D eigenvalue weighted by Crippen LogP contribution is 2.32. The zero-order chi connectivity index (χ0) is 17.1. The summed E-state index contributed by atoms with van der Waals surface area (Å²) in [6.07, 6.45) is 0.469. The summed E-state index contributed by atoms with van der Waals surface area (Å²) >= 11 is 6.94. The van der Waals surface area contributed by atoms with E-state index in [9.17, 15) is 9.59 Å². The molecule has 0 N–H and O–H groups in total. The third-order valence-electron chi connectivity index (χ3n) is 3.86. The van der Waals surface area contributed by atoms with Crippen LogP contribution in [0.3, 0.4) is 0 Å². The van der Waals surface area contributed by atoms with E-state index in [0.717, 1.165) is 28.6 Å². The second-order valence-corrected chi connectivity index (χ2v) is 7.03. The van der Waals surface area contributed by atoms with Crippen molar-refractivity contribution < 1.29 is 14.3 Å². The largest absolute Gasteiger partial charge is 0.496 e. The van der Waals surface area contributed by atoms with Gasteiger partial charge in [0.15, 0.2) is 0 Å². The van der Waals surface area contributed by atoms with Crippen molar-refractivity contribution in [2.45, 2.75) is 18.2 Å². The Balaban J connectivity index is 1.73. The molecule has 1 atom stereocenters. The molecule has 0 aromatic heterocycles. The number of para-hydroxylation sites is 1. The Morgan fingerprint density at radius 3 is 2.54 bits per heavy atom. The van der Waals surface area contributed by atoms with Crippen LogP contribution in [0.15, 0.2) is 48.5 Å². The van der Waals surface area contributed by atoms with E-state index in [1.54, 1.807) is 19.2 Å². The van der Waals surface area contributed by atoms with E-state index in [1.165, 1.54) is 4.90 Å². The van der Waals surface area contributed by atoms with Crippen LogP contribution in [0.5, 0.6) is 5.75 Å². The number of hydrogen-bond acceptors (Lipinski definition) is 4. The highest BCUT2D eigenvalue weighted by Gasteiger charge is 2.39. The summed E-state index contributed by atoms with van der Waals surface area (Å²) in [6, 6.07) is 14.7. The van der Waals surface area contributed by atoms with Crippen molar-refractivity contribution in [1.29, 1.82) is 0 Å². The van der Waals surface area contributed by atoms with Crippen LogP contribution in [-0.2, 0) is 17.8 Å². The zero-order valence-electron chi connectivity index (χ0n) is 13.1. The quantitative estimate of drug-likeness (QED) is 0.802. The molecule has 124 valence electrons. The van der Waals surface area contributed by atoms with Crippen molar-refractivity contribution in [3.05, 3.63) is 64.7 Å². The molecular formula is C18H16ClNO3S. The predicted octanol–water partition coefficient (Wildman–Crippen LogP) is 4.16. The van der Waals surface area contributed by atoms with Crippen LogP contribution in [0.2, 0.25) is 5.02 Å². The Hall–Kier alpha value is -1.98. The number of halogens is 1. The van der Waals surface area contributed by atoms with Crippen LogP contribution in [0.25, 0.3) is 0 Å². The number of rotatable bonds is 5. The highest BCUT2D eigenvalue weighted by atomic mass is 35.5. The fourth-order valence-electron chi connectivity index (χ4n) is 2.61. The van der Waals surface area contributed by atoms with Crippen molar-refractivity contribution in [1.82, 2.24) is 4.90 Å². The van der Waals surface area contributed by atoms with Crippen molar-refractivity contribution in [3.63, 3.8) is 0 Å². The first kappa shape index (κ1) is 16.9. The molecule has 0 bridgehead atoms. The number of carbonyl (C=O) groups excluding carboxylic acids is 2. The van der Waals surface area contributed by atoms with Gasteiger partial charge in [-0.25, -0.2) is 0 Å². The molecule has 4 nitrogen and oxygen atoms in total. The first-order chi connectivity index (χ1) is 11.6. The van der Waals surface area contributed by atoms with Gasteiger partial charge in [-0.05, 0) is 35.7 Å². The zero-order valence-corrected chi connectivity index (χ0v) is 14.6. The Bertz CT molecular complexity index is 763. The fraction of sp³-hybridized carbons (Fsp3) is 0.222. The van der Waals surface area contributed by atoms with Crippen LogP contribution < -0.4 is 4.74 Å². The molecule has 1 heterocycles. The van der Waals surface area contributed by atoms with Crippen LogP contribution in [0.4, 0.5) is 4.79 Å². The van der Waals surface area contributed by atoms with Gasteiger partial charge in [-0.1, -0.05) is 53.7 Å². The van der Waals surface area contributed by atoms with Gasteiger partial charge in [0.25, 0.3) is 5.24 Å². The van der Waals surface area contributed by atoms with Crippen LogP contribution in [0, 0.1) is 0 Å². The Kier molecular flexibility index (Phi) is 5.11. The maximum absolute atomic E-state index is 12.6. The number of imide groups is 1. The summed E-state index contributed by atoms with van der Waals surface area (Å²) in [5.41, 5.74) is 1.80. The number of ether oxygens (including phenoxy) is 1. The smallest absolute Gasteiger partial charge is 0.289 e. The molecule has 2 aromatic carbocycles. The van der Waals surface area contributed by atoms with Crippen molar-refractivity contribution in [3.8, 4) is 5.75 Å². The van der Waals surface area contributed by atoms with Gasteiger partial charge >= 0.3 is 0 Å². The molecule has 1 aliphatic heterocycles. The van der Waals surface area contributed by atoms with Gasteiger partial charge in [-0.2, -0.15) is 0 Å². The molecule has 0 radical (unpaired) electrons. The van der Waals surface area contributed by atoms with Crippen LogP contribution >= 0.6 is 23.4 Å². The second-order valence-electron chi connectivity index (χ2n) is 5.44. The highest BCUT2D eigenvalue weighted by molar-refractivity contribution is 8.15. The van der Waals surface area contributed by atoms with E-state index >= 15 is 0 Å². The van der Waals surface area contributed by atoms with Gasteiger partial charge in [-0.15, -0.1) is 0 Å². The lowest BCUT2D eigenvalue weighted by atomic mass is 10.1. The number of amides is 2. The predicted molar refractivity (Wildman–Crippen MR) is 95.5 cm³/mol. The fourth-order valence-corrected chi connectivity index (χ4v) is 3.76. The molecule has 3 rings (SSSR count). The third kappa shape index (κ3) is 3.57. The van der Waals surface area contributed by atoms with Gasteiger partial charge < -0.3 is 4.74 Å². The van der Waals surface area contributed by atoms with Gasteiger partial charge in [0.1, 0.15) is 5.75 Å². The maximum atomic E-state index is 12.6. The van der Waals surface area contributed by atoms with Gasteiger partial charge in [0.2, 0.25) is 5.91 Å². The molecule has 2 aromatic rings. The Morgan fingerprint density at radius 1 is 1.12 bits per heavy atom. The standard InChI is InChI=1S/C18H16ClNO3S/c1-23-15-5-3-2-4-13(15)10-16-17(21)20(18(22)24-16)11-12-6-8-14(19)9-7-12/h2-9,16H,10-11H2,1H3/t16-/m0/s1. The number of benzene rings is 2. The number of carbonyl (C=O) groups is 2. The minimum atomic E-state index is -0.416. The van der Waals surface area contributed by atoms with E-state index < -0.39 is 5.25 Å². The van der Waals surface area contributed by atoms with E-state index in [0.29, 0.717) is 11.4 Å². The molecular weight excluding hydrogens is 346 g/mol. The lowest BCUT2D eigenvalue weighted by Gasteiger charge is -2.14. The second kappa shape index (κ2) is 7.28. The minimum absolute atomic E-state index is 0.161. The monoisotopic (exact) mass is 361 g/mol. The van der Waals surface area contributed by atoms with Crippen molar-refractivity contribution in [2.24, 2.45) is 0 Å². The van der Waals surface area contributed by atoms with E-state index in [2.05, 4.69) is 0 Å². The van der Waals surface area contributed by atoms with Gasteiger partial charge in [0.05, 0.1) is 18.9 Å². The minimum Gasteiger partial charge on any atom is -0.496 e. The SMILES string of the molecule is COc1ccccc1C[C@@H]1SC(=O)N(Cc2ccc(Cl)cc2)C1=O. The van der Waals surface area contributed by atoms with Crippen molar-refractivity contribution >= 4 is 34.5 Å². The molecule has 0 unspecified atom stereocenters. The molecule has 0 saturated carbocycles. The molecule has 1 fully saturated rings. The molecule has 2 amide bonds. The number of methoxy groups -OCH3 is 1. The molecule has 1 saturated heterocycles. The molecule has 1 aliphatic rings. The molecule has 0 aliphatic carbocycles. The molecule has 6 heteroatoms. The summed E-state index contributed by atoms with van der Waals surface area (Å²) in [5, 5.41) is -0.00260.